The molecule has 0 bridgehead atoms. The fourth-order valence-corrected chi connectivity index (χ4v) is 13.2. The van der Waals surface area contributed by atoms with Crippen LogP contribution in [0.2, 0.25) is 0 Å². The van der Waals surface area contributed by atoms with Gasteiger partial charge < -0.3 is 19.1 Å². The molecular formula is C66H72BN3O. The largest absolute Gasteiger partial charge is 0.456 e. The molecule has 5 heteroatoms. The number of hydrogen-bond donors (Lipinski definition) is 0. The van der Waals surface area contributed by atoms with E-state index in [1.165, 1.54) is 103 Å². The third-order valence-corrected chi connectivity index (χ3v) is 17.6. The number of rotatable bonds is 3. The fourth-order valence-electron chi connectivity index (χ4n) is 13.2. The Hall–Kier alpha value is -6.20. The molecule has 2 unspecified atom stereocenters. The molecule has 12 rings (SSSR count). The Bertz CT molecular complexity index is 3500. The lowest BCUT2D eigenvalue weighted by molar-refractivity contribution is 0.195. The highest BCUT2D eigenvalue weighted by Gasteiger charge is 2.58. The van der Waals surface area contributed by atoms with E-state index in [2.05, 4.69) is 245 Å². The summed E-state index contributed by atoms with van der Waals surface area (Å²) in [6, 6.07) is 52.2. The molecule has 1 saturated carbocycles. The zero-order valence-corrected chi connectivity index (χ0v) is 44.9. The van der Waals surface area contributed by atoms with Crippen molar-refractivity contribution in [1.82, 2.24) is 0 Å². The zero-order chi connectivity index (χ0) is 49.9. The van der Waals surface area contributed by atoms with Crippen molar-refractivity contribution < 1.29 is 4.42 Å². The van der Waals surface area contributed by atoms with Crippen molar-refractivity contribution in [2.45, 2.75) is 155 Å². The lowest BCUT2D eigenvalue weighted by atomic mass is 9.33. The third-order valence-electron chi connectivity index (χ3n) is 17.6. The van der Waals surface area contributed by atoms with Gasteiger partial charge in [-0.3, -0.25) is 0 Å². The van der Waals surface area contributed by atoms with E-state index in [0.29, 0.717) is 0 Å². The molecule has 0 saturated heterocycles. The first-order valence-electron chi connectivity index (χ1n) is 26.5. The number of furan rings is 1. The standard InChI is InChI=1S/C66H72BN3O/c1-61(2,3)41-21-19-22-45(35-41)68-53-37-43(63(7,8)9)27-30-49(53)67-50-31-28-44(64(10,11)12)38-54(50)69(52-24-20-26-58-59(52)47-23-15-16-25-57(47)71-58)56-40-46(39-55(68)60(56)67)70-51-32-29-42(62(4,5)6)36-48(51)65(13)33-17-18-34-66(65,70)14/h15-16,19-32,35-40H,17-18,33-34H2,1-14H3. The zero-order valence-electron chi connectivity index (χ0n) is 44.9. The second-order valence-corrected chi connectivity index (χ2v) is 26.2. The van der Waals surface area contributed by atoms with Gasteiger partial charge in [0.05, 0.1) is 16.6 Å². The van der Waals surface area contributed by atoms with E-state index in [-0.39, 0.29) is 39.3 Å². The number of anilines is 8. The third kappa shape index (κ3) is 6.77. The lowest BCUT2D eigenvalue weighted by Gasteiger charge is -2.51. The number of hydrogen-bond acceptors (Lipinski definition) is 4. The van der Waals surface area contributed by atoms with Crippen molar-refractivity contribution in [1.29, 1.82) is 0 Å². The Labute approximate surface area is 424 Å². The van der Waals surface area contributed by atoms with Gasteiger partial charge in [-0.15, -0.1) is 0 Å². The number of benzene rings is 7. The number of fused-ring (bicyclic) bond motifs is 10. The summed E-state index contributed by atoms with van der Waals surface area (Å²) in [6.07, 6.45) is 4.74. The smallest absolute Gasteiger partial charge is 0.252 e. The molecule has 0 spiro atoms. The van der Waals surface area contributed by atoms with Crippen molar-refractivity contribution in [3.05, 3.63) is 161 Å². The summed E-state index contributed by atoms with van der Waals surface area (Å²) in [5, 5.41) is 2.27. The van der Waals surface area contributed by atoms with Crippen LogP contribution in [-0.4, -0.2) is 12.3 Å². The molecule has 4 nitrogen and oxygen atoms in total. The molecule has 360 valence electrons. The van der Waals surface area contributed by atoms with Crippen LogP contribution in [0.1, 0.15) is 150 Å². The maximum absolute atomic E-state index is 6.73. The van der Waals surface area contributed by atoms with Crippen molar-refractivity contribution in [3.63, 3.8) is 0 Å². The Morgan fingerprint density at radius 3 is 1.66 bits per heavy atom. The van der Waals surface area contributed by atoms with Gasteiger partial charge >= 0.3 is 0 Å². The first kappa shape index (κ1) is 45.9. The molecule has 4 aliphatic rings. The van der Waals surface area contributed by atoms with Crippen molar-refractivity contribution in [3.8, 4) is 0 Å². The molecular weight excluding hydrogens is 862 g/mol. The van der Waals surface area contributed by atoms with Gasteiger partial charge in [0.15, 0.2) is 0 Å². The average Bonchev–Trinajstić information content (AvgIpc) is 3.79. The summed E-state index contributed by atoms with van der Waals surface area (Å²) in [5.74, 6) is 0. The highest BCUT2D eigenvalue weighted by Crippen LogP contribution is 2.62. The maximum Gasteiger partial charge on any atom is 0.252 e. The van der Waals surface area contributed by atoms with E-state index < -0.39 is 0 Å². The highest BCUT2D eigenvalue weighted by molar-refractivity contribution is 7.00. The molecule has 1 aromatic heterocycles. The number of nitrogens with zero attached hydrogens (tertiary/aromatic N) is 3. The predicted molar refractivity (Wildman–Crippen MR) is 305 cm³/mol. The van der Waals surface area contributed by atoms with E-state index in [0.717, 1.165) is 34.0 Å². The van der Waals surface area contributed by atoms with E-state index in [1.54, 1.807) is 0 Å². The van der Waals surface area contributed by atoms with Gasteiger partial charge in [0, 0.05) is 50.6 Å². The van der Waals surface area contributed by atoms with E-state index in [4.69, 9.17) is 4.42 Å². The topological polar surface area (TPSA) is 22.9 Å². The summed E-state index contributed by atoms with van der Waals surface area (Å²) >= 11 is 0. The monoisotopic (exact) mass is 934 g/mol. The van der Waals surface area contributed by atoms with Crippen molar-refractivity contribution >= 4 is 90.5 Å². The van der Waals surface area contributed by atoms with E-state index >= 15 is 0 Å². The number of para-hydroxylation sites is 1. The SMILES string of the molecule is CC(C)(C)c1cccc(N2c3cc(C(C)(C)C)ccc3B3c4ccc(C(C)(C)C)cc4N(c4cccc5oc6ccccc6c45)c4cc(N5c6ccc(C(C)(C)C)cc6C6(C)CCCCC56C)cc2c43)c1. The summed E-state index contributed by atoms with van der Waals surface area (Å²) in [7, 11) is 0. The van der Waals surface area contributed by atoms with Gasteiger partial charge in [0.1, 0.15) is 11.2 Å². The van der Waals surface area contributed by atoms with Crippen LogP contribution in [0, 0.1) is 0 Å². The van der Waals surface area contributed by atoms with Gasteiger partial charge in [-0.2, -0.15) is 0 Å². The van der Waals surface area contributed by atoms with Crippen LogP contribution in [0.15, 0.2) is 138 Å². The van der Waals surface area contributed by atoms with E-state index in [1.807, 2.05) is 0 Å². The lowest BCUT2D eigenvalue weighted by Crippen LogP contribution is -2.61. The molecule has 1 aliphatic carbocycles. The molecule has 71 heavy (non-hydrogen) atoms. The molecule has 0 N–H and O–H groups in total. The van der Waals surface area contributed by atoms with Gasteiger partial charge in [0.25, 0.3) is 6.71 Å². The second kappa shape index (κ2) is 15.2. The van der Waals surface area contributed by atoms with Crippen LogP contribution in [0.3, 0.4) is 0 Å². The first-order valence-corrected chi connectivity index (χ1v) is 26.5. The first-order chi connectivity index (χ1) is 33.5. The average molecular weight is 934 g/mol. The van der Waals surface area contributed by atoms with Gasteiger partial charge in [0.2, 0.25) is 0 Å². The Balaban J connectivity index is 1.25. The minimum absolute atomic E-state index is 0.0172. The minimum atomic E-state index is -0.162. The molecule has 2 atom stereocenters. The summed E-state index contributed by atoms with van der Waals surface area (Å²) in [4.78, 5) is 8.12. The van der Waals surface area contributed by atoms with Crippen molar-refractivity contribution in [2.75, 3.05) is 14.7 Å². The molecule has 8 aromatic rings. The Morgan fingerprint density at radius 2 is 1.00 bits per heavy atom. The van der Waals surface area contributed by atoms with Gasteiger partial charge in [-0.05, 0) is 146 Å². The van der Waals surface area contributed by atoms with Gasteiger partial charge in [-0.25, -0.2) is 0 Å². The molecule has 4 heterocycles. The fraction of sp³-hybridized carbons (Fsp3) is 0.364. The second-order valence-electron chi connectivity index (χ2n) is 26.2. The normalized spacial score (nSPS) is 19.7. The molecule has 0 radical (unpaired) electrons. The summed E-state index contributed by atoms with van der Waals surface area (Å²) < 4.78 is 6.73. The Morgan fingerprint density at radius 1 is 0.451 bits per heavy atom. The van der Waals surface area contributed by atoms with Crippen LogP contribution in [0.5, 0.6) is 0 Å². The summed E-state index contributed by atoms with van der Waals surface area (Å²) in [6.45, 7) is 33.4. The quantitative estimate of drug-likeness (QED) is 0.165. The molecule has 1 fully saturated rings. The molecule has 0 amide bonds. The summed E-state index contributed by atoms with van der Waals surface area (Å²) in [5.41, 5.74) is 22.2. The maximum atomic E-state index is 6.73. The van der Waals surface area contributed by atoms with Crippen LogP contribution in [-0.2, 0) is 27.1 Å². The molecule has 3 aliphatic heterocycles. The van der Waals surface area contributed by atoms with Crippen molar-refractivity contribution in [2.24, 2.45) is 0 Å². The highest BCUT2D eigenvalue weighted by atomic mass is 16.3. The van der Waals surface area contributed by atoms with Gasteiger partial charge in [-0.1, -0.05) is 176 Å². The molecule has 7 aromatic carbocycles. The Kier molecular flexibility index (Phi) is 9.81. The minimum Gasteiger partial charge on any atom is -0.456 e. The van der Waals surface area contributed by atoms with E-state index in [9.17, 15) is 0 Å². The van der Waals surface area contributed by atoms with Crippen LogP contribution >= 0.6 is 0 Å². The van der Waals surface area contributed by atoms with Crippen LogP contribution in [0.4, 0.5) is 45.5 Å². The van der Waals surface area contributed by atoms with Crippen LogP contribution < -0.4 is 31.1 Å². The van der Waals surface area contributed by atoms with Crippen LogP contribution in [0.25, 0.3) is 21.9 Å². The predicted octanol–water partition coefficient (Wildman–Crippen LogP) is 16.6.